The fraction of sp³-hybridized carbons (Fsp3) is 0.500. The van der Waals surface area contributed by atoms with Crippen molar-refractivity contribution in [1.82, 2.24) is 4.72 Å². The lowest BCUT2D eigenvalue weighted by Gasteiger charge is -2.19. The lowest BCUT2D eigenvalue weighted by Crippen LogP contribution is -2.38. The van der Waals surface area contributed by atoms with Crippen LogP contribution in [0.5, 0.6) is 0 Å². The van der Waals surface area contributed by atoms with E-state index in [1.807, 2.05) is 0 Å². The van der Waals surface area contributed by atoms with Crippen molar-refractivity contribution >= 4 is 10.0 Å². The fourth-order valence-corrected chi connectivity index (χ4v) is 3.08. The smallest absolute Gasteiger partial charge is 0.241 e. The van der Waals surface area contributed by atoms with Crippen LogP contribution in [0, 0.1) is 18.7 Å². The molecule has 4 nitrogen and oxygen atoms in total. The molecule has 102 valence electrons. The van der Waals surface area contributed by atoms with Crippen molar-refractivity contribution in [2.24, 2.45) is 5.92 Å². The third kappa shape index (κ3) is 3.51. The number of sulfonamides is 1. The molecule has 2 atom stereocenters. The van der Waals surface area contributed by atoms with Gasteiger partial charge in [0.05, 0.1) is 4.90 Å². The van der Waals surface area contributed by atoms with E-state index in [2.05, 4.69) is 4.72 Å². The first-order chi connectivity index (χ1) is 8.27. The van der Waals surface area contributed by atoms with Gasteiger partial charge in [0.1, 0.15) is 5.82 Å². The number of nitrogens with one attached hydrogen (secondary N) is 1. The second kappa shape index (κ2) is 5.77. The van der Waals surface area contributed by atoms with Crippen molar-refractivity contribution in [1.29, 1.82) is 0 Å². The van der Waals surface area contributed by atoms with Crippen molar-refractivity contribution < 1.29 is 17.9 Å². The maximum Gasteiger partial charge on any atom is 0.241 e. The molecular weight excluding hydrogens is 257 g/mol. The van der Waals surface area contributed by atoms with Gasteiger partial charge >= 0.3 is 0 Å². The van der Waals surface area contributed by atoms with Crippen LogP contribution < -0.4 is 4.72 Å². The standard InChI is InChI=1S/C12H18FNO3S/c1-8-6-11(13)4-5-12(8)18(16,17)14-10(3)9(2)7-15/h4-6,9-10,14-15H,7H2,1-3H3. The van der Waals surface area contributed by atoms with Gasteiger partial charge in [-0.15, -0.1) is 0 Å². The van der Waals surface area contributed by atoms with Crippen LogP contribution in [-0.4, -0.2) is 26.2 Å². The van der Waals surface area contributed by atoms with E-state index in [9.17, 15) is 12.8 Å². The molecule has 0 spiro atoms. The molecule has 0 aliphatic rings. The minimum absolute atomic E-state index is 0.0564. The van der Waals surface area contributed by atoms with Crippen LogP contribution in [0.3, 0.4) is 0 Å². The van der Waals surface area contributed by atoms with E-state index in [1.54, 1.807) is 13.8 Å². The summed E-state index contributed by atoms with van der Waals surface area (Å²) < 4.78 is 39.6. The molecule has 0 aromatic heterocycles. The summed E-state index contributed by atoms with van der Waals surface area (Å²) in [5, 5.41) is 8.98. The van der Waals surface area contributed by atoms with Gasteiger partial charge in [-0.2, -0.15) is 0 Å². The number of hydrogen-bond acceptors (Lipinski definition) is 3. The zero-order valence-corrected chi connectivity index (χ0v) is 11.5. The number of benzene rings is 1. The first-order valence-electron chi connectivity index (χ1n) is 5.67. The molecule has 2 N–H and O–H groups in total. The van der Waals surface area contributed by atoms with Crippen LogP contribution >= 0.6 is 0 Å². The van der Waals surface area contributed by atoms with Crippen molar-refractivity contribution in [3.63, 3.8) is 0 Å². The van der Waals surface area contributed by atoms with Gasteiger partial charge in [0, 0.05) is 12.6 Å². The quantitative estimate of drug-likeness (QED) is 0.854. The molecule has 0 bridgehead atoms. The summed E-state index contributed by atoms with van der Waals surface area (Å²) in [5.74, 6) is -0.663. The second-order valence-electron chi connectivity index (χ2n) is 4.48. The maximum absolute atomic E-state index is 12.9. The number of hydrogen-bond donors (Lipinski definition) is 2. The number of aliphatic hydroxyl groups is 1. The molecule has 0 aliphatic carbocycles. The third-order valence-electron chi connectivity index (χ3n) is 2.91. The summed E-state index contributed by atoms with van der Waals surface area (Å²) in [7, 11) is -3.69. The topological polar surface area (TPSA) is 66.4 Å². The molecule has 2 unspecified atom stereocenters. The number of aliphatic hydroxyl groups excluding tert-OH is 1. The van der Waals surface area contributed by atoms with Crippen LogP contribution in [0.15, 0.2) is 23.1 Å². The number of aryl methyl sites for hydroxylation is 1. The summed E-state index contributed by atoms with van der Waals surface area (Å²) in [6.07, 6.45) is 0. The molecule has 0 radical (unpaired) electrons. The van der Waals surface area contributed by atoms with Gasteiger partial charge in [0.15, 0.2) is 0 Å². The van der Waals surface area contributed by atoms with Gasteiger partial charge in [-0.3, -0.25) is 0 Å². The Labute approximate surface area is 107 Å². The molecule has 0 amide bonds. The Kier molecular flexibility index (Phi) is 4.84. The van der Waals surface area contributed by atoms with Crippen molar-refractivity contribution in [2.45, 2.75) is 31.7 Å². The highest BCUT2D eigenvalue weighted by Crippen LogP contribution is 2.17. The molecule has 6 heteroatoms. The van der Waals surface area contributed by atoms with E-state index in [4.69, 9.17) is 5.11 Å². The molecule has 0 saturated heterocycles. The Bertz CT molecular complexity index is 516. The first-order valence-corrected chi connectivity index (χ1v) is 7.15. The summed E-state index contributed by atoms with van der Waals surface area (Å²) in [6, 6.07) is 3.13. The zero-order chi connectivity index (χ0) is 13.9. The number of halogens is 1. The van der Waals surface area contributed by atoms with Gasteiger partial charge in [0.2, 0.25) is 10.0 Å². The largest absolute Gasteiger partial charge is 0.396 e. The van der Waals surface area contributed by atoms with Crippen LogP contribution in [0.1, 0.15) is 19.4 Å². The Morgan fingerprint density at radius 2 is 2.00 bits per heavy atom. The van der Waals surface area contributed by atoms with Crippen LogP contribution in [0.2, 0.25) is 0 Å². The highest BCUT2D eigenvalue weighted by Gasteiger charge is 2.22. The summed E-state index contributed by atoms with van der Waals surface area (Å²) in [4.78, 5) is 0.0564. The van der Waals surface area contributed by atoms with Crippen molar-refractivity contribution in [2.75, 3.05) is 6.61 Å². The highest BCUT2D eigenvalue weighted by molar-refractivity contribution is 7.89. The van der Waals surface area contributed by atoms with Gasteiger partial charge in [0.25, 0.3) is 0 Å². The van der Waals surface area contributed by atoms with Crippen molar-refractivity contribution in [3.05, 3.63) is 29.6 Å². The molecule has 0 aliphatic heterocycles. The average molecular weight is 275 g/mol. The minimum Gasteiger partial charge on any atom is -0.396 e. The van der Waals surface area contributed by atoms with Crippen LogP contribution in [0.25, 0.3) is 0 Å². The van der Waals surface area contributed by atoms with E-state index in [0.717, 1.165) is 6.07 Å². The predicted octanol–water partition coefficient (Wildman–Crippen LogP) is 1.43. The SMILES string of the molecule is Cc1cc(F)ccc1S(=O)(=O)NC(C)C(C)CO. The van der Waals surface area contributed by atoms with Gasteiger partial charge in [-0.05, 0) is 43.5 Å². The third-order valence-corrected chi connectivity index (χ3v) is 4.63. The molecule has 1 aromatic rings. The van der Waals surface area contributed by atoms with Crippen molar-refractivity contribution in [3.8, 4) is 0 Å². The molecule has 0 fully saturated rings. The van der Waals surface area contributed by atoms with E-state index in [-0.39, 0.29) is 17.4 Å². The molecule has 0 saturated carbocycles. The van der Waals surface area contributed by atoms with E-state index in [1.165, 1.54) is 19.1 Å². The Hall–Kier alpha value is -0.980. The van der Waals surface area contributed by atoms with E-state index < -0.39 is 21.9 Å². The van der Waals surface area contributed by atoms with E-state index >= 15 is 0 Å². The normalized spacial score (nSPS) is 15.4. The first kappa shape index (κ1) is 15.1. The van der Waals surface area contributed by atoms with Gasteiger partial charge in [-0.25, -0.2) is 17.5 Å². The second-order valence-corrected chi connectivity index (χ2v) is 6.16. The van der Waals surface area contributed by atoms with Gasteiger partial charge in [-0.1, -0.05) is 6.92 Å². The summed E-state index contributed by atoms with van der Waals surface area (Å²) in [6.45, 7) is 4.85. The Morgan fingerprint density at radius 1 is 1.39 bits per heavy atom. The maximum atomic E-state index is 12.9. The summed E-state index contributed by atoms with van der Waals surface area (Å²) >= 11 is 0. The predicted molar refractivity (Wildman–Crippen MR) is 67.2 cm³/mol. The lowest BCUT2D eigenvalue weighted by atomic mass is 10.1. The number of rotatable bonds is 5. The monoisotopic (exact) mass is 275 g/mol. The Balaban J connectivity index is 3.00. The summed E-state index contributed by atoms with van der Waals surface area (Å²) in [5.41, 5.74) is 0.353. The van der Waals surface area contributed by atoms with Crippen LogP contribution in [-0.2, 0) is 10.0 Å². The molecular formula is C12H18FNO3S. The van der Waals surface area contributed by atoms with Crippen LogP contribution in [0.4, 0.5) is 4.39 Å². The molecule has 1 aromatic carbocycles. The van der Waals surface area contributed by atoms with E-state index in [0.29, 0.717) is 5.56 Å². The van der Waals surface area contributed by atoms with Gasteiger partial charge < -0.3 is 5.11 Å². The minimum atomic E-state index is -3.69. The molecule has 18 heavy (non-hydrogen) atoms. The highest BCUT2D eigenvalue weighted by atomic mass is 32.2. The average Bonchev–Trinajstić information content (AvgIpc) is 2.26. The lowest BCUT2D eigenvalue weighted by molar-refractivity contribution is 0.216. The Morgan fingerprint density at radius 3 is 2.50 bits per heavy atom. The fourth-order valence-electron chi connectivity index (χ4n) is 1.50. The molecule has 0 heterocycles. The zero-order valence-electron chi connectivity index (χ0n) is 10.6. The molecule has 1 rings (SSSR count).